The molecule has 6 aromatic rings. The minimum atomic E-state index is -0.504. The number of fused-ring (bicyclic) bond motifs is 3. The summed E-state index contributed by atoms with van der Waals surface area (Å²) in [5.74, 6) is 8.18. The second kappa shape index (κ2) is 9.94. The number of benzene rings is 2. The first-order valence-electron chi connectivity index (χ1n) is 15.3. The lowest BCUT2D eigenvalue weighted by Gasteiger charge is -2.18. The van der Waals surface area contributed by atoms with Crippen LogP contribution >= 0.6 is 0 Å². The maximum Gasteiger partial charge on any atom is 0.282 e. The molecule has 11 nitrogen and oxygen atoms in total. The van der Waals surface area contributed by atoms with Crippen molar-refractivity contribution in [2.75, 3.05) is 5.73 Å². The van der Waals surface area contributed by atoms with Gasteiger partial charge in [0.25, 0.3) is 5.56 Å². The van der Waals surface area contributed by atoms with Gasteiger partial charge in [-0.15, -0.1) is 0 Å². The second-order valence-electron chi connectivity index (χ2n) is 12.8. The second-order valence-corrected chi connectivity index (χ2v) is 12.8. The van der Waals surface area contributed by atoms with Crippen LogP contribution in [0.1, 0.15) is 55.0 Å². The van der Waals surface area contributed by atoms with Gasteiger partial charge in [-0.05, 0) is 76.9 Å². The fourth-order valence-electron chi connectivity index (χ4n) is 6.39. The van der Waals surface area contributed by atoms with E-state index in [2.05, 4.69) is 21.8 Å². The Balaban J connectivity index is 1.36. The largest absolute Gasteiger partial charge is 0.504 e. The minimum absolute atomic E-state index is 0.0697. The number of rotatable bonds is 4. The topological polar surface area (TPSA) is 139 Å². The van der Waals surface area contributed by atoms with Gasteiger partial charge in [-0.2, -0.15) is 9.77 Å². The zero-order valence-corrected chi connectivity index (χ0v) is 26.0. The average Bonchev–Trinajstić information content (AvgIpc) is 3.58. The molecule has 230 valence electrons. The van der Waals surface area contributed by atoms with Crippen LogP contribution in [-0.4, -0.2) is 44.8 Å². The van der Waals surface area contributed by atoms with Gasteiger partial charge in [0.2, 0.25) is 0 Å². The van der Waals surface area contributed by atoms with E-state index in [4.69, 9.17) is 20.6 Å². The molecule has 1 aliphatic carbocycles. The fourth-order valence-corrected chi connectivity index (χ4v) is 6.39. The van der Waals surface area contributed by atoms with Crippen molar-refractivity contribution in [1.82, 2.24) is 34.1 Å². The van der Waals surface area contributed by atoms with Gasteiger partial charge < -0.3 is 15.6 Å². The van der Waals surface area contributed by atoms with Crippen molar-refractivity contribution in [2.45, 2.75) is 59.1 Å². The number of hydrogen-bond donors (Lipinski definition) is 2. The number of phenolic OH excluding ortho intramolecular Hbond substituents is 1. The number of hydrogen-bond acceptors (Lipinski definition) is 8. The van der Waals surface area contributed by atoms with Crippen LogP contribution in [0.3, 0.4) is 0 Å². The zero-order valence-electron chi connectivity index (χ0n) is 26.0. The van der Waals surface area contributed by atoms with E-state index in [1.807, 2.05) is 68.8 Å². The van der Waals surface area contributed by atoms with Gasteiger partial charge in [0, 0.05) is 40.4 Å². The first-order chi connectivity index (χ1) is 22.1. The van der Waals surface area contributed by atoms with Gasteiger partial charge in [-0.1, -0.05) is 17.9 Å². The third kappa shape index (κ3) is 4.40. The van der Waals surface area contributed by atoms with Crippen molar-refractivity contribution in [1.29, 1.82) is 0 Å². The highest BCUT2D eigenvalue weighted by molar-refractivity contribution is 5.99. The van der Waals surface area contributed by atoms with E-state index < -0.39 is 5.60 Å². The first kappa shape index (κ1) is 27.9. The highest BCUT2D eigenvalue weighted by Crippen LogP contribution is 2.47. The van der Waals surface area contributed by atoms with E-state index in [0.29, 0.717) is 57.1 Å². The molecule has 0 saturated heterocycles. The van der Waals surface area contributed by atoms with Crippen LogP contribution in [0, 0.1) is 31.6 Å². The molecular formula is C35H32N8O3. The predicted octanol–water partition coefficient (Wildman–Crippen LogP) is 4.74. The Bertz CT molecular complexity index is 2350. The number of phenols is 1. The average molecular weight is 613 g/mol. The number of anilines is 1. The van der Waals surface area contributed by atoms with Crippen LogP contribution in [0.5, 0.6) is 11.5 Å². The molecule has 1 saturated carbocycles. The summed E-state index contributed by atoms with van der Waals surface area (Å²) in [5, 5.41) is 16.7. The van der Waals surface area contributed by atoms with Crippen LogP contribution in [0.2, 0.25) is 0 Å². The molecule has 5 heterocycles. The summed E-state index contributed by atoms with van der Waals surface area (Å²) in [7, 11) is 0. The first-order valence-corrected chi connectivity index (χ1v) is 15.3. The fraction of sp³-hybridized carbons (Fsp3) is 0.286. The number of ether oxygens (including phenoxy) is 1. The third-order valence-corrected chi connectivity index (χ3v) is 8.69. The van der Waals surface area contributed by atoms with Gasteiger partial charge >= 0.3 is 0 Å². The third-order valence-electron chi connectivity index (χ3n) is 8.69. The van der Waals surface area contributed by atoms with Crippen molar-refractivity contribution < 1.29 is 9.84 Å². The molecule has 0 radical (unpaired) electrons. The van der Waals surface area contributed by atoms with Crippen molar-refractivity contribution in [3.05, 3.63) is 87.5 Å². The normalized spacial score (nSPS) is 15.1. The van der Waals surface area contributed by atoms with Crippen LogP contribution in [0.15, 0.2) is 53.6 Å². The molecule has 0 atom stereocenters. The molecule has 2 aromatic carbocycles. The lowest BCUT2D eigenvalue weighted by Crippen LogP contribution is -2.33. The lowest BCUT2D eigenvalue weighted by molar-refractivity contribution is 0.134. The molecule has 0 amide bonds. The summed E-state index contributed by atoms with van der Waals surface area (Å²) < 4.78 is 11.3. The standard InChI is InChI=1S/C35H32N8O3/c1-19-8-9-20(2)42(19)43-27(39-25-7-5-6-22(28(25)34(43)45)13-12-21-10-11-21)17-41-33-29(32(36)37-18-38-33)30(40-41)23-14-15-26(44)31-24(23)16-35(3,4)46-31/h5-9,14-15,18,21,44H,10-11,16-17H2,1-4H3,(H2,36,37,38). The molecule has 0 unspecified atom stereocenters. The smallest absolute Gasteiger partial charge is 0.282 e. The molecule has 3 N–H and O–H groups in total. The van der Waals surface area contributed by atoms with Gasteiger partial charge in [0.1, 0.15) is 30.0 Å². The van der Waals surface area contributed by atoms with E-state index >= 15 is 0 Å². The Morgan fingerprint density at radius 2 is 1.83 bits per heavy atom. The summed E-state index contributed by atoms with van der Waals surface area (Å²) >= 11 is 0. The number of nitrogens with zero attached hydrogens (tertiary/aromatic N) is 7. The Morgan fingerprint density at radius 1 is 1.04 bits per heavy atom. The summed E-state index contributed by atoms with van der Waals surface area (Å²) in [4.78, 5) is 28.4. The van der Waals surface area contributed by atoms with E-state index in [0.717, 1.165) is 35.4 Å². The summed E-state index contributed by atoms with van der Waals surface area (Å²) in [6, 6.07) is 13.0. The van der Waals surface area contributed by atoms with Crippen molar-refractivity contribution >= 4 is 27.8 Å². The Hall–Kier alpha value is -5.63. The van der Waals surface area contributed by atoms with Crippen LogP contribution in [0.4, 0.5) is 5.82 Å². The molecular weight excluding hydrogens is 580 g/mol. The van der Waals surface area contributed by atoms with Crippen LogP contribution in [0.25, 0.3) is 33.2 Å². The van der Waals surface area contributed by atoms with Gasteiger partial charge in [-0.3, -0.25) is 9.47 Å². The molecule has 0 bridgehead atoms. The SMILES string of the molecule is Cc1ccc(C)n1-n1c(Cn2nc(-c3ccc(O)c4c3CC(C)(C)O4)c3c(N)ncnc32)nc2cccc(C#CC3CC3)c2c1=O. The van der Waals surface area contributed by atoms with E-state index in [1.165, 1.54) is 6.33 Å². The molecule has 46 heavy (non-hydrogen) atoms. The van der Waals surface area contributed by atoms with Crippen LogP contribution < -0.4 is 16.0 Å². The summed E-state index contributed by atoms with van der Waals surface area (Å²) in [5.41, 5.74) is 11.4. The van der Waals surface area contributed by atoms with Gasteiger partial charge in [-0.25, -0.2) is 19.6 Å². The van der Waals surface area contributed by atoms with Crippen molar-refractivity contribution in [2.24, 2.45) is 5.92 Å². The maximum atomic E-state index is 14.5. The Kier molecular flexibility index (Phi) is 6.02. The van der Waals surface area contributed by atoms with E-state index in [9.17, 15) is 9.90 Å². The number of aryl methyl sites for hydroxylation is 2. The summed E-state index contributed by atoms with van der Waals surface area (Å²) in [6.07, 6.45) is 4.16. The number of aromatic hydroxyl groups is 1. The zero-order chi connectivity index (χ0) is 31.9. The number of nitrogen functional groups attached to an aromatic ring is 1. The van der Waals surface area contributed by atoms with E-state index in [-0.39, 0.29) is 23.7 Å². The quantitative estimate of drug-likeness (QED) is 0.272. The Morgan fingerprint density at radius 3 is 2.59 bits per heavy atom. The predicted molar refractivity (Wildman–Crippen MR) is 175 cm³/mol. The monoisotopic (exact) mass is 612 g/mol. The van der Waals surface area contributed by atoms with Crippen LogP contribution in [-0.2, 0) is 13.0 Å². The summed E-state index contributed by atoms with van der Waals surface area (Å²) in [6.45, 7) is 7.97. The van der Waals surface area contributed by atoms with Crippen molar-refractivity contribution in [3.63, 3.8) is 0 Å². The lowest BCUT2D eigenvalue weighted by atomic mass is 9.95. The highest BCUT2D eigenvalue weighted by atomic mass is 16.5. The molecule has 4 aromatic heterocycles. The highest BCUT2D eigenvalue weighted by Gasteiger charge is 2.35. The van der Waals surface area contributed by atoms with Crippen molar-refractivity contribution in [3.8, 4) is 34.6 Å². The van der Waals surface area contributed by atoms with Gasteiger partial charge in [0.05, 0.1) is 16.3 Å². The Labute approximate surface area is 264 Å². The minimum Gasteiger partial charge on any atom is -0.504 e. The molecule has 2 aliphatic rings. The number of nitrogens with two attached hydrogens (primary N) is 1. The molecule has 1 aliphatic heterocycles. The molecule has 11 heteroatoms. The molecule has 1 fully saturated rings. The van der Waals surface area contributed by atoms with E-state index in [1.54, 1.807) is 15.4 Å². The molecule has 8 rings (SSSR count). The number of aromatic nitrogens is 7. The van der Waals surface area contributed by atoms with Gasteiger partial charge in [0.15, 0.2) is 23.0 Å². The maximum absolute atomic E-state index is 14.5. The molecule has 0 spiro atoms.